The zero-order chi connectivity index (χ0) is 15.5. The zero-order valence-electron chi connectivity index (χ0n) is 12.0. The Kier molecular flexibility index (Phi) is 4.34. The van der Waals surface area contributed by atoms with E-state index in [0.717, 1.165) is 17.8 Å². The minimum Gasteiger partial charge on any atom is -0.348 e. The normalized spacial score (nSPS) is 17.2. The maximum absolute atomic E-state index is 13.2. The van der Waals surface area contributed by atoms with Crippen LogP contribution in [0.3, 0.4) is 0 Å². The Hall–Kier alpha value is -2.01. The van der Waals surface area contributed by atoms with E-state index in [1.165, 1.54) is 12.1 Å². The van der Waals surface area contributed by atoms with Gasteiger partial charge in [0.2, 0.25) is 0 Å². The predicted octanol–water partition coefficient (Wildman–Crippen LogP) is 2.98. The Labute approximate surface area is 133 Å². The first-order chi connectivity index (χ1) is 10.7. The predicted molar refractivity (Wildman–Crippen MR) is 83.5 cm³/mol. The SMILES string of the molecule is O=C(NCCCl)N1CCn2cccc2[C@H]1c1ccc(F)cc1. The Morgan fingerprint density at radius 2 is 2.05 bits per heavy atom. The molecule has 1 N–H and O–H groups in total. The standard InChI is InChI=1S/C16H17ClFN3O/c17-7-8-19-16(22)21-11-10-20-9-1-2-14(20)15(21)12-3-5-13(18)6-4-12/h1-6,9,15H,7-8,10-11H2,(H,19,22)/t15-/m1/s1. The van der Waals surface area contributed by atoms with Crippen LogP contribution < -0.4 is 5.32 Å². The van der Waals surface area contributed by atoms with E-state index in [-0.39, 0.29) is 17.9 Å². The summed E-state index contributed by atoms with van der Waals surface area (Å²) in [5, 5.41) is 2.81. The molecule has 6 heteroatoms. The van der Waals surface area contributed by atoms with Gasteiger partial charge in [-0.25, -0.2) is 9.18 Å². The molecule has 1 aromatic heterocycles. The summed E-state index contributed by atoms with van der Waals surface area (Å²) >= 11 is 5.64. The molecular weight excluding hydrogens is 305 g/mol. The first-order valence-electron chi connectivity index (χ1n) is 7.21. The van der Waals surface area contributed by atoms with Gasteiger partial charge in [0.1, 0.15) is 5.82 Å². The van der Waals surface area contributed by atoms with Crippen molar-refractivity contribution in [3.8, 4) is 0 Å². The number of urea groups is 1. The highest BCUT2D eigenvalue weighted by molar-refractivity contribution is 6.18. The van der Waals surface area contributed by atoms with Crippen LogP contribution in [0.4, 0.5) is 9.18 Å². The van der Waals surface area contributed by atoms with E-state index in [1.807, 2.05) is 18.3 Å². The van der Waals surface area contributed by atoms with Gasteiger partial charge in [-0.1, -0.05) is 12.1 Å². The van der Waals surface area contributed by atoms with Gasteiger partial charge in [-0.15, -0.1) is 11.6 Å². The van der Waals surface area contributed by atoms with E-state index in [0.29, 0.717) is 19.0 Å². The number of carbonyl (C=O) groups excluding carboxylic acids is 1. The number of nitrogens with one attached hydrogen (secondary N) is 1. The van der Waals surface area contributed by atoms with Gasteiger partial charge >= 0.3 is 6.03 Å². The van der Waals surface area contributed by atoms with Crippen LogP contribution in [0.2, 0.25) is 0 Å². The van der Waals surface area contributed by atoms with Crippen molar-refractivity contribution in [3.05, 3.63) is 59.7 Å². The van der Waals surface area contributed by atoms with Gasteiger partial charge in [0.15, 0.2) is 0 Å². The lowest BCUT2D eigenvalue weighted by Gasteiger charge is -2.37. The number of rotatable bonds is 3. The quantitative estimate of drug-likeness (QED) is 0.867. The number of hydrogen-bond donors (Lipinski definition) is 1. The van der Waals surface area contributed by atoms with E-state index in [4.69, 9.17) is 11.6 Å². The number of hydrogen-bond acceptors (Lipinski definition) is 1. The molecule has 116 valence electrons. The molecule has 0 aliphatic carbocycles. The molecule has 1 aliphatic heterocycles. The topological polar surface area (TPSA) is 37.3 Å². The van der Waals surface area contributed by atoms with Crippen LogP contribution in [0, 0.1) is 5.82 Å². The number of alkyl halides is 1. The first-order valence-corrected chi connectivity index (χ1v) is 7.75. The van der Waals surface area contributed by atoms with E-state index in [2.05, 4.69) is 9.88 Å². The van der Waals surface area contributed by atoms with Gasteiger partial charge in [0.05, 0.1) is 6.04 Å². The van der Waals surface area contributed by atoms with E-state index in [1.54, 1.807) is 17.0 Å². The van der Waals surface area contributed by atoms with Gasteiger partial charge in [-0.3, -0.25) is 0 Å². The average molecular weight is 322 g/mol. The Morgan fingerprint density at radius 3 is 2.77 bits per heavy atom. The highest BCUT2D eigenvalue weighted by atomic mass is 35.5. The summed E-state index contributed by atoms with van der Waals surface area (Å²) in [6.45, 7) is 1.76. The molecular formula is C16H17ClFN3O. The number of amides is 2. The molecule has 1 aliphatic rings. The molecule has 0 fully saturated rings. The second-order valence-corrected chi connectivity index (χ2v) is 5.57. The fraction of sp³-hybridized carbons (Fsp3) is 0.312. The zero-order valence-corrected chi connectivity index (χ0v) is 12.8. The van der Waals surface area contributed by atoms with Crippen molar-refractivity contribution in [3.63, 3.8) is 0 Å². The molecule has 0 spiro atoms. The van der Waals surface area contributed by atoms with Crippen LogP contribution in [-0.2, 0) is 6.54 Å². The van der Waals surface area contributed by atoms with E-state index >= 15 is 0 Å². The van der Waals surface area contributed by atoms with Gasteiger partial charge < -0.3 is 14.8 Å². The molecule has 1 atom stereocenters. The number of aromatic nitrogens is 1. The smallest absolute Gasteiger partial charge is 0.318 e. The summed E-state index contributed by atoms with van der Waals surface area (Å²) in [6, 6.07) is 9.89. The highest BCUT2D eigenvalue weighted by Gasteiger charge is 2.31. The Morgan fingerprint density at radius 1 is 1.27 bits per heavy atom. The first kappa shape index (κ1) is 14.9. The minimum atomic E-state index is -0.284. The van der Waals surface area contributed by atoms with E-state index < -0.39 is 0 Å². The monoisotopic (exact) mass is 321 g/mol. The third-order valence-corrected chi connectivity index (χ3v) is 4.04. The maximum Gasteiger partial charge on any atom is 0.318 e. The number of halogens is 2. The van der Waals surface area contributed by atoms with E-state index in [9.17, 15) is 9.18 Å². The van der Waals surface area contributed by atoms with Gasteiger partial charge in [-0.05, 0) is 29.8 Å². The van der Waals surface area contributed by atoms with Crippen molar-refractivity contribution in [2.75, 3.05) is 19.0 Å². The lowest BCUT2D eigenvalue weighted by Crippen LogP contribution is -2.47. The van der Waals surface area contributed by atoms with Crippen molar-refractivity contribution in [2.45, 2.75) is 12.6 Å². The second kappa shape index (κ2) is 6.40. The molecule has 22 heavy (non-hydrogen) atoms. The number of nitrogens with zero attached hydrogens (tertiary/aromatic N) is 2. The fourth-order valence-corrected chi connectivity index (χ4v) is 2.95. The molecule has 1 aromatic carbocycles. The third kappa shape index (κ3) is 2.81. The van der Waals surface area contributed by atoms with Crippen LogP contribution in [0.25, 0.3) is 0 Å². The molecule has 2 amide bonds. The van der Waals surface area contributed by atoms with Crippen molar-refractivity contribution >= 4 is 17.6 Å². The van der Waals surface area contributed by atoms with Crippen LogP contribution in [0.1, 0.15) is 17.3 Å². The molecule has 3 rings (SSSR count). The largest absolute Gasteiger partial charge is 0.348 e. The minimum absolute atomic E-state index is 0.151. The van der Waals surface area contributed by atoms with Crippen LogP contribution in [-0.4, -0.2) is 34.5 Å². The molecule has 0 saturated heterocycles. The number of benzene rings is 1. The molecule has 4 nitrogen and oxygen atoms in total. The van der Waals surface area contributed by atoms with Crippen molar-refractivity contribution < 1.29 is 9.18 Å². The van der Waals surface area contributed by atoms with Crippen molar-refractivity contribution in [1.29, 1.82) is 0 Å². The van der Waals surface area contributed by atoms with Crippen LogP contribution in [0.15, 0.2) is 42.6 Å². The van der Waals surface area contributed by atoms with Gasteiger partial charge in [0, 0.05) is 37.4 Å². The third-order valence-electron chi connectivity index (χ3n) is 3.86. The summed E-state index contributed by atoms with van der Waals surface area (Å²) in [6.07, 6.45) is 2.00. The Balaban J connectivity index is 1.95. The summed E-state index contributed by atoms with van der Waals surface area (Å²) in [5.41, 5.74) is 1.92. The lowest BCUT2D eigenvalue weighted by atomic mass is 10.0. The Bertz CT molecular complexity index is 656. The molecule has 0 unspecified atom stereocenters. The summed E-state index contributed by atoms with van der Waals surface area (Å²) in [4.78, 5) is 14.2. The highest BCUT2D eigenvalue weighted by Crippen LogP contribution is 2.32. The molecule has 0 saturated carbocycles. The second-order valence-electron chi connectivity index (χ2n) is 5.19. The average Bonchev–Trinajstić information content (AvgIpc) is 3.01. The fourth-order valence-electron chi connectivity index (χ4n) is 2.85. The summed E-state index contributed by atoms with van der Waals surface area (Å²) < 4.78 is 15.3. The summed E-state index contributed by atoms with van der Waals surface area (Å²) in [7, 11) is 0. The number of fused-ring (bicyclic) bond motifs is 1. The van der Waals surface area contributed by atoms with Crippen molar-refractivity contribution in [1.82, 2.24) is 14.8 Å². The molecule has 0 radical (unpaired) electrons. The lowest BCUT2D eigenvalue weighted by molar-refractivity contribution is 0.169. The van der Waals surface area contributed by atoms with Crippen LogP contribution >= 0.6 is 11.6 Å². The number of carbonyl (C=O) groups is 1. The molecule has 2 heterocycles. The summed E-state index contributed by atoms with van der Waals surface area (Å²) in [5.74, 6) is 0.0880. The maximum atomic E-state index is 13.2. The molecule has 2 aromatic rings. The molecule has 0 bridgehead atoms. The van der Waals surface area contributed by atoms with Gasteiger partial charge in [-0.2, -0.15) is 0 Å². The van der Waals surface area contributed by atoms with Crippen LogP contribution in [0.5, 0.6) is 0 Å². The van der Waals surface area contributed by atoms with Crippen molar-refractivity contribution in [2.24, 2.45) is 0 Å². The van der Waals surface area contributed by atoms with Gasteiger partial charge in [0.25, 0.3) is 0 Å².